The van der Waals surface area contributed by atoms with Gasteiger partial charge in [0.1, 0.15) is 0 Å². The molecule has 0 aromatic heterocycles. The first-order valence-electron chi connectivity index (χ1n) is 5.04. The van der Waals surface area contributed by atoms with Crippen molar-refractivity contribution in [1.82, 2.24) is 0 Å². The average molecular weight is 307 g/mol. The third-order valence-electron chi connectivity index (χ3n) is 2.52. The lowest BCUT2D eigenvalue weighted by Gasteiger charge is -2.19. The number of carboxylic acid groups (broad SMARTS) is 1. The van der Waals surface area contributed by atoms with Crippen LogP contribution in [0.5, 0.6) is 0 Å². The predicted molar refractivity (Wildman–Crippen MR) is 64.2 cm³/mol. The fourth-order valence-corrected chi connectivity index (χ4v) is 2.04. The van der Waals surface area contributed by atoms with Crippen molar-refractivity contribution in [3.05, 3.63) is 33.8 Å². The van der Waals surface area contributed by atoms with Crippen molar-refractivity contribution in [2.75, 3.05) is 0 Å². The summed E-state index contributed by atoms with van der Waals surface area (Å²) in [6, 6.07) is 4.41. The summed E-state index contributed by atoms with van der Waals surface area (Å²) >= 11 is 3.06. The van der Waals surface area contributed by atoms with Gasteiger partial charge < -0.3 is 5.11 Å². The second-order valence-electron chi connectivity index (χ2n) is 4.52. The number of hydrogen-bond donors (Lipinski definition) is 1. The fraction of sp³-hybridized carbons (Fsp3) is 0.417. The largest absolute Gasteiger partial charge is 0.481 e. The number of hydrogen-bond acceptors (Lipinski definition) is 1. The van der Waals surface area contributed by atoms with Gasteiger partial charge in [-0.05, 0) is 31.9 Å². The molecule has 2 nitrogen and oxygen atoms in total. The van der Waals surface area contributed by atoms with E-state index in [-0.39, 0.29) is 5.56 Å². The van der Waals surface area contributed by atoms with E-state index in [2.05, 4.69) is 15.9 Å². The molecule has 0 saturated carbocycles. The van der Waals surface area contributed by atoms with E-state index in [4.69, 9.17) is 5.11 Å². The van der Waals surface area contributed by atoms with E-state index in [1.54, 1.807) is 19.9 Å². The van der Waals surface area contributed by atoms with Crippen molar-refractivity contribution in [3.8, 4) is 0 Å². The molecule has 0 atom stereocenters. The molecule has 1 N–H and O–H groups in total. The highest BCUT2D eigenvalue weighted by Gasteiger charge is 2.27. The van der Waals surface area contributed by atoms with E-state index >= 15 is 0 Å². The number of halogens is 3. The second-order valence-corrected chi connectivity index (χ2v) is 5.38. The molecular weight excluding hydrogens is 294 g/mol. The van der Waals surface area contributed by atoms with Gasteiger partial charge in [0.15, 0.2) is 0 Å². The monoisotopic (exact) mass is 306 g/mol. The van der Waals surface area contributed by atoms with Crippen molar-refractivity contribution in [2.24, 2.45) is 5.41 Å². The number of aliphatic carboxylic acids is 1. The van der Waals surface area contributed by atoms with Crippen molar-refractivity contribution < 1.29 is 18.7 Å². The normalized spacial score (nSPS) is 11.9. The smallest absolute Gasteiger partial charge is 0.309 e. The average Bonchev–Trinajstić information content (AvgIpc) is 2.15. The maximum atomic E-state index is 12.5. The fourth-order valence-electron chi connectivity index (χ4n) is 1.44. The van der Waals surface area contributed by atoms with Gasteiger partial charge in [-0.2, -0.15) is 0 Å². The van der Waals surface area contributed by atoms with Crippen molar-refractivity contribution >= 4 is 21.9 Å². The Bertz CT molecular complexity index is 431. The summed E-state index contributed by atoms with van der Waals surface area (Å²) in [5.41, 5.74) is -0.276. The molecule has 0 aliphatic rings. The Kier molecular flexibility index (Phi) is 4.25. The van der Waals surface area contributed by atoms with Crippen molar-refractivity contribution in [1.29, 1.82) is 0 Å². The number of rotatable bonds is 4. The zero-order valence-electron chi connectivity index (χ0n) is 9.51. The quantitative estimate of drug-likeness (QED) is 0.911. The molecule has 0 radical (unpaired) electrons. The first-order chi connectivity index (χ1) is 7.74. The summed E-state index contributed by atoms with van der Waals surface area (Å²) in [6.45, 7) is 3.20. The molecule has 5 heteroatoms. The molecule has 0 bridgehead atoms. The maximum Gasteiger partial charge on any atom is 0.309 e. The molecule has 0 heterocycles. The van der Waals surface area contributed by atoms with E-state index in [1.165, 1.54) is 12.1 Å². The molecule has 1 rings (SSSR count). The summed E-state index contributed by atoms with van der Waals surface area (Å²) < 4.78 is 25.3. The molecule has 0 amide bonds. The minimum absolute atomic E-state index is 0.0816. The highest BCUT2D eigenvalue weighted by atomic mass is 79.9. The van der Waals surface area contributed by atoms with Crippen LogP contribution in [0.1, 0.15) is 31.4 Å². The lowest BCUT2D eigenvalue weighted by Crippen LogP contribution is -2.26. The van der Waals surface area contributed by atoms with Crippen LogP contribution in [-0.4, -0.2) is 11.1 Å². The van der Waals surface area contributed by atoms with Crippen molar-refractivity contribution in [3.63, 3.8) is 0 Å². The molecule has 1 aromatic rings. The summed E-state index contributed by atoms with van der Waals surface area (Å²) in [5, 5.41) is 8.98. The highest BCUT2D eigenvalue weighted by molar-refractivity contribution is 9.10. The van der Waals surface area contributed by atoms with Gasteiger partial charge in [0.2, 0.25) is 0 Å². The first-order valence-corrected chi connectivity index (χ1v) is 5.83. The molecule has 0 aliphatic heterocycles. The van der Waals surface area contributed by atoms with Crippen LogP contribution in [0.15, 0.2) is 22.7 Å². The van der Waals surface area contributed by atoms with Gasteiger partial charge in [0.05, 0.1) is 5.41 Å². The minimum Gasteiger partial charge on any atom is -0.481 e. The zero-order valence-corrected chi connectivity index (χ0v) is 11.1. The van der Waals surface area contributed by atoms with Crippen LogP contribution in [-0.2, 0) is 11.2 Å². The summed E-state index contributed by atoms with van der Waals surface area (Å²) in [5.74, 6) is -0.911. The van der Waals surface area contributed by atoms with Gasteiger partial charge in [-0.15, -0.1) is 0 Å². The molecule has 17 heavy (non-hydrogen) atoms. The Morgan fingerprint density at radius 2 is 2.06 bits per heavy atom. The third-order valence-corrected chi connectivity index (χ3v) is 3.21. The van der Waals surface area contributed by atoms with Crippen LogP contribution in [0.4, 0.5) is 8.78 Å². The van der Waals surface area contributed by atoms with Crippen LogP contribution in [0, 0.1) is 5.41 Å². The van der Waals surface area contributed by atoms with Gasteiger partial charge >= 0.3 is 5.97 Å². The Hall–Kier alpha value is -0.970. The molecule has 0 saturated heterocycles. The van der Waals surface area contributed by atoms with Gasteiger partial charge in [0.25, 0.3) is 6.43 Å². The second kappa shape index (κ2) is 5.12. The van der Waals surface area contributed by atoms with Crippen LogP contribution in [0.2, 0.25) is 0 Å². The van der Waals surface area contributed by atoms with Gasteiger partial charge in [0, 0.05) is 10.0 Å². The number of benzene rings is 1. The molecule has 0 fully saturated rings. The van der Waals surface area contributed by atoms with Gasteiger partial charge in [-0.1, -0.05) is 28.1 Å². The van der Waals surface area contributed by atoms with Crippen LogP contribution < -0.4 is 0 Å². The standard InChI is InChI=1S/C12H13BrF2O2/c1-12(2,11(16)17)6-7-3-4-8(10(14)15)9(13)5-7/h3-5,10H,6H2,1-2H3,(H,16,17). The lowest BCUT2D eigenvalue weighted by molar-refractivity contribution is -0.146. The van der Waals surface area contributed by atoms with Crippen LogP contribution in [0.25, 0.3) is 0 Å². The molecule has 1 aromatic carbocycles. The zero-order chi connectivity index (χ0) is 13.2. The third kappa shape index (κ3) is 3.49. The molecule has 0 aliphatic carbocycles. The summed E-state index contributed by atoms with van der Waals surface area (Å²) in [7, 11) is 0. The van der Waals surface area contributed by atoms with Gasteiger partial charge in [-0.25, -0.2) is 8.78 Å². The maximum absolute atomic E-state index is 12.5. The Balaban J connectivity index is 2.96. The summed E-state index contributed by atoms with van der Waals surface area (Å²) in [4.78, 5) is 11.0. The van der Waals surface area contributed by atoms with Gasteiger partial charge in [-0.3, -0.25) is 4.79 Å². The lowest BCUT2D eigenvalue weighted by atomic mass is 9.86. The van der Waals surface area contributed by atoms with E-state index in [0.29, 0.717) is 16.5 Å². The first kappa shape index (κ1) is 14.1. The number of carbonyl (C=O) groups is 1. The number of carboxylic acids is 1. The molecule has 0 unspecified atom stereocenters. The highest BCUT2D eigenvalue weighted by Crippen LogP contribution is 2.30. The predicted octanol–water partition coefficient (Wildman–Crippen LogP) is 4.04. The van der Waals surface area contributed by atoms with E-state index < -0.39 is 17.8 Å². The SMILES string of the molecule is CC(C)(Cc1ccc(C(F)F)c(Br)c1)C(=O)O. The Morgan fingerprint density at radius 3 is 2.47 bits per heavy atom. The molecule has 0 spiro atoms. The van der Waals surface area contributed by atoms with Crippen LogP contribution in [0.3, 0.4) is 0 Å². The van der Waals surface area contributed by atoms with E-state index in [0.717, 1.165) is 0 Å². The molecule has 94 valence electrons. The molecular formula is C12H13BrF2O2. The summed E-state index contributed by atoms with van der Waals surface area (Å²) in [6.07, 6.45) is -2.24. The van der Waals surface area contributed by atoms with E-state index in [9.17, 15) is 13.6 Å². The van der Waals surface area contributed by atoms with Crippen molar-refractivity contribution in [2.45, 2.75) is 26.7 Å². The number of alkyl halides is 2. The van der Waals surface area contributed by atoms with E-state index in [1.807, 2.05) is 0 Å². The Labute approximate surface area is 107 Å². The topological polar surface area (TPSA) is 37.3 Å². The minimum atomic E-state index is -2.54. The Morgan fingerprint density at radius 1 is 1.47 bits per heavy atom. The van der Waals surface area contributed by atoms with Crippen LogP contribution >= 0.6 is 15.9 Å².